The second kappa shape index (κ2) is 6.97. The van der Waals surface area contributed by atoms with Crippen molar-refractivity contribution in [2.75, 3.05) is 5.32 Å². The van der Waals surface area contributed by atoms with E-state index < -0.39 is 0 Å². The van der Waals surface area contributed by atoms with Gasteiger partial charge in [-0.25, -0.2) is 4.98 Å². The van der Waals surface area contributed by atoms with Gasteiger partial charge < -0.3 is 5.32 Å². The summed E-state index contributed by atoms with van der Waals surface area (Å²) in [6.07, 6.45) is 3.27. The maximum Gasteiger partial charge on any atom is 0.262 e. The van der Waals surface area contributed by atoms with Crippen molar-refractivity contribution in [3.8, 4) is 0 Å². The molecule has 124 valence electrons. The number of hydrogen-bond acceptors (Lipinski definition) is 4. The second-order valence-electron chi connectivity index (χ2n) is 5.56. The molecule has 0 bridgehead atoms. The molecule has 0 saturated carbocycles. The molecule has 0 unspecified atom stereocenters. The fourth-order valence-electron chi connectivity index (χ4n) is 2.48. The Bertz CT molecular complexity index is 926. The van der Waals surface area contributed by atoms with Crippen molar-refractivity contribution in [2.45, 2.75) is 33.2 Å². The van der Waals surface area contributed by atoms with Crippen LogP contribution in [0.5, 0.6) is 0 Å². The Morgan fingerprint density at radius 3 is 2.62 bits per heavy atom. The molecule has 1 N–H and O–H groups in total. The topological polar surface area (TPSA) is 64.0 Å². The molecule has 2 heterocycles. The zero-order chi connectivity index (χ0) is 17.1. The quantitative estimate of drug-likeness (QED) is 0.775. The number of aromatic nitrogens is 2. The number of thiophene rings is 1. The Hall–Kier alpha value is -2.47. The highest BCUT2D eigenvalue weighted by Crippen LogP contribution is 2.21. The van der Waals surface area contributed by atoms with Crippen molar-refractivity contribution < 1.29 is 4.79 Å². The first kappa shape index (κ1) is 16.4. The van der Waals surface area contributed by atoms with Crippen molar-refractivity contribution >= 4 is 33.1 Å². The summed E-state index contributed by atoms with van der Waals surface area (Å²) in [4.78, 5) is 30.8. The van der Waals surface area contributed by atoms with Gasteiger partial charge in [-0.2, -0.15) is 0 Å². The molecule has 2 aromatic heterocycles. The summed E-state index contributed by atoms with van der Waals surface area (Å²) in [6.45, 7) is 4.08. The highest BCUT2D eigenvalue weighted by Gasteiger charge is 2.11. The number of carbonyl (C=O) groups is 1. The van der Waals surface area contributed by atoms with Crippen LogP contribution in [0.15, 0.2) is 41.5 Å². The SMILES string of the molecule is CCc1ccc(NC(=O)Cn2cnc3sc(CC)cc3c2=O)cc1. The van der Waals surface area contributed by atoms with E-state index in [1.165, 1.54) is 27.8 Å². The van der Waals surface area contributed by atoms with Gasteiger partial charge in [-0.15, -0.1) is 11.3 Å². The number of nitrogens with one attached hydrogen (secondary N) is 1. The van der Waals surface area contributed by atoms with Gasteiger partial charge in [0.05, 0.1) is 11.7 Å². The van der Waals surface area contributed by atoms with E-state index in [1.54, 1.807) is 0 Å². The van der Waals surface area contributed by atoms with Gasteiger partial charge in [0.15, 0.2) is 0 Å². The van der Waals surface area contributed by atoms with Crippen LogP contribution < -0.4 is 10.9 Å². The molecule has 0 aliphatic carbocycles. The highest BCUT2D eigenvalue weighted by atomic mass is 32.1. The normalized spacial score (nSPS) is 10.9. The molecule has 0 radical (unpaired) electrons. The predicted molar refractivity (Wildman–Crippen MR) is 97.7 cm³/mol. The summed E-state index contributed by atoms with van der Waals surface area (Å²) >= 11 is 1.52. The van der Waals surface area contributed by atoms with Gasteiger partial charge in [-0.3, -0.25) is 14.2 Å². The molecule has 3 aromatic rings. The maximum absolute atomic E-state index is 12.5. The fraction of sp³-hybridized carbons (Fsp3) is 0.278. The van der Waals surface area contributed by atoms with Crippen LogP contribution in [-0.4, -0.2) is 15.5 Å². The van der Waals surface area contributed by atoms with Crippen LogP contribution in [0.25, 0.3) is 10.2 Å². The van der Waals surface area contributed by atoms with E-state index in [2.05, 4.69) is 17.2 Å². The molecule has 6 heteroatoms. The predicted octanol–water partition coefficient (Wildman–Crippen LogP) is 3.22. The number of aryl methyl sites for hydroxylation is 2. The third-order valence-electron chi connectivity index (χ3n) is 3.88. The molecule has 0 aliphatic heterocycles. The summed E-state index contributed by atoms with van der Waals surface area (Å²) in [5.41, 5.74) is 1.76. The van der Waals surface area contributed by atoms with E-state index in [-0.39, 0.29) is 18.0 Å². The smallest absolute Gasteiger partial charge is 0.262 e. The third kappa shape index (κ3) is 3.38. The summed E-state index contributed by atoms with van der Waals surface area (Å²) in [6, 6.07) is 9.56. The van der Waals surface area contributed by atoms with Gasteiger partial charge in [0, 0.05) is 10.6 Å². The lowest BCUT2D eigenvalue weighted by Crippen LogP contribution is -2.27. The van der Waals surface area contributed by atoms with Crippen molar-refractivity contribution in [3.05, 3.63) is 57.5 Å². The molecule has 0 spiro atoms. The average Bonchev–Trinajstić information content (AvgIpc) is 3.02. The molecule has 24 heavy (non-hydrogen) atoms. The van der Waals surface area contributed by atoms with E-state index in [0.717, 1.165) is 28.2 Å². The number of rotatable bonds is 5. The van der Waals surface area contributed by atoms with Crippen molar-refractivity contribution in [1.82, 2.24) is 9.55 Å². The Morgan fingerprint density at radius 2 is 1.96 bits per heavy atom. The molecule has 0 atom stereocenters. The number of amides is 1. The van der Waals surface area contributed by atoms with E-state index in [0.29, 0.717) is 5.39 Å². The van der Waals surface area contributed by atoms with Gasteiger partial charge in [-0.05, 0) is 36.6 Å². The molecule has 1 aromatic carbocycles. The van der Waals surface area contributed by atoms with Crippen LogP contribution in [0.4, 0.5) is 5.69 Å². The molecule has 3 rings (SSSR count). The van der Waals surface area contributed by atoms with Crippen molar-refractivity contribution in [1.29, 1.82) is 0 Å². The van der Waals surface area contributed by atoms with E-state index in [9.17, 15) is 9.59 Å². The van der Waals surface area contributed by atoms with Gasteiger partial charge in [-0.1, -0.05) is 26.0 Å². The van der Waals surface area contributed by atoms with Gasteiger partial charge in [0.1, 0.15) is 11.4 Å². The van der Waals surface area contributed by atoms with Crippen LogP contribution in [0, 0.1) is 0 Å². The largest absolute Gasteiger partial charge is 0.325 e. The lowest BCUT2D eigenvalue weighted by Gasteiger charge is -2.07. The first-order chi connectivity index (χ1) is 11.6. The van der Waals surface area contributed by atoms with Gasteiger partial charge in [0.2, 0.25) is 5.91 Å². The summed E-state index contributed by atoms with van der Waals surface area (Å²) in [5, 5.41) is 3.39. The van der Waals surface area contributed by atoms with Crippen LogP contribution in [0.1, 0.15) is 24.3 Å². The minimum absolute atomic E-state index is 0.0470. The number of nitrogens with zero attached hydrogens (tertiary/aromatic N) is 2. The monoisotopic (exact) mass is 341 g/mol. The van der Waals surface area contributed by atoms with E-state index >= 15 is 0 Å². The molecule has 0 saturated heterocycles. The second-order valence-corrected chi connectivity index (χ2v) is 6.68. The van der Waals surface area contributed by atoms with Gasteiger partial charge >= 0.3 is 0 Å². The molecule has 5 nitrogen and oxygen atoms in total. The first-order valence-electron chi connectivity index (χ1n) is 7.97. The fourth-order valence-corrected chi connectivity index (χ4v) is 3.40. The number of benzene rings is 1. The Kier molecular flexibility index (Phi) is 4.76. The number of carbonyl (C=O) groups excluding carboxylic acids is 1. The van der Waals surface area contributed by atoms with Crippen LogP contribution in [0.2, 0.25) is 0 Å². The first-order valence-corrected chi connectivity index (χ1v) is 8.79. The highest BCUT2D eigenvalue weighted by molar-refractivity contribution is 7.18. The summed E-state index contributed by atoms with van der Waals surface area (Å²) in [7, 11) is 0. The van der Waals surface area contributed by atoms with Crippen LogP contribution in [-0.2, 0) is 24.2 Å². The molecule has 0 aliphatic rings. The Balaban J connectivity index is 1.77. The standard InChI is InChI=1S/C18H19N3O2S/c1-3-12-5-7-13(8-6-12)20-16(22)10-21-11-19-17-15(18(21)23)9-14(4-2)24-17/h5-9,11H,3-4,10H2,1-2H3,(H,20,22). The number of fused-ring (bicyclic) bond motifs is 1. The molecular weight excluding hydrogens is 322 g/mol. The molecule has 1 amide bonds. The summed E-state index contributed by atoms with van der Waals surface area (Å²) < 4.78 is 1.35. The molecule has 0 fully saturated rings. The van der Waals surface area contributed by atoms with Crippen LogP contribution in [0.3, 0.4) is 0 Å². The van der Waals surface area contributed by atoms with Gasteiger partial charge in [0.25, 0.3) is 5.56 Å². The minimum atomic E-state index is -0.242. The molecular formula is C18H19N3O2S. The summed E-state index contributed by atoms with van der Waals surface area (Å²) in [5.74, 6) is -0.242. The average molecular weight is 341 g/mol. The van der Waals surface area contributed by atoms with E-state index in [4.69, 9.17) is 0 Å². The number of hydrogen-bond donors (Lipinski definition) is 1. The van der Waals surface area contributed by atoms with E-state index in [1.807, 2.05) is 37.3 Å². The zero-order valence-electron chi connectivity index (χ0n) is 13.7. The maximum atomic E-state index is 12.5. The lowest BCUT2D eigenvalue weighted by atomic mass is 10.1. The number of anilines is 1. The lowest BCUT2D eigenvalue weighted by molar-refractivity contribution is -0.116. The Morgan fingerprint density at radius 1 is 1.21 bits per heavy atom. The van der Waals surface area contributed by atoms with Crippen molar-refractivity contribution in [3.63, 3.8) is 0 Å². The zero-order valence-corrected chi connectivity index (χ0v) is 14.5. The third-order valence-corrected chi connectivity index (χ3v) is 5.06. The minimum Gasteiger partial charge on any atom is -0.325 e. The van der Waals surface area contributed by atoms with Crippen LogP contribution >= 0.6 is 11.3 Å². The Labute approximate surface area is 144 Å². The van der Waals surface area contributed by atoms with Crippen molar-refractivity contribution in [2.24, 2.45) is 0 Å².